The fourth-order valence-corrected chi connectivity index (χ4v) is 3.70. The van der Waals surface area contributed by atoms with Gasteiger partial charge in [0.05, 0.1) is 11.7 Å². The van der Waals surface area contributed by atoms with Crippen LogP contribution in [0.15, 0.2) is 0 Å². The van der Waals surface area contributed by atoms with Gasteiger partial charge in [-0.15, -0.1) is 0 Å². The second-order valence-electron chi connectivity index (χ2n) is 6.67. The number of hydrogen-bond donors (Lipinski definition) is 1. The lowest BCUT2D eigenvalue weighted by atomic mass is 9.66. The molecule has 1 atom stereocenters. The maximum absolute atomic E-state index is 12.6. The summed E-state index contributed by atoms with van der Waals surface area (Å²) >= 11 is 0. The Morgan fingerprint density at radius 2 is 2.00 bits per heavy atom. The largest absolute Gasteiger partial charge is 0.325 e. The molecule has 0 aromatic carbocycles. The number of amides is 1. The molecule has 102 valence electrons. The molecule has 0 aromatic heterocycles. The molecule has 3 nitrogen and oxygen atoms in total. The quantitative estimate of drug-likeness (QED) is 0.813. The van der Waals surface area contributed by atoms with Gasteiger partial charge in [0.15, 0.2) is 0 Å². The fourth-order valence-electron chi connectivity index (χ4n) is 3.70. The van der Waals surface area contributed by atoms with Crippen molar-refractivity contribution >= 4 is 5.91 Å². The molecule has 0 bridgehead atoms. The zero-order valence-corrected chi connectivity index (χ0v) is 11.8. The Hall–Kier alpha value is -0.570. The highest BCUT2D eigenvalue weighted by atomic mass is 16.2. The van der Waals surface area contributed by atoms with Gasteiger partial charge in [0.2, 0.25) is 5.91 Å². The minimum absolute atomic E-state index is 0.126. The lowest BCUT2D eigenvalue weighted by Crippen LogP contribution is -2.47. The highest BCUT2D eigenvalue weighted by molar-refractivity contribution is 5.91. The van der Waals surface area contributed by atoms with Crippen LogP contribution in [0.1, 0.15) is 65.2 Å². The van der Waals surface area contributed by atoms with Crippen LogP contribution < -0.4 is 5.32 Å². The van der Waals surface area contributed by atoms with Crippen LogP contribution in [0, 0.1) is 5.41 Å². The Bertz CT molecular complexity index is 339. The van der Waals surface area contributed by atoms with E-state index in [-0.39, 0.29) is 5.54 Å². The molecule has 3 rings (SSSR count). The van der Waals surface area contributed by atoms with Crippen LogP contribution in [0.3, 0.4) is 0 Å². The number of carbonyl (C=O) groups excluding carboxylic acids is 1. The van der Waals surface area contributed by atoms with Crippen LogP contribution in [-0.4, -0.2) is 29.1 Å². The maximum Gasteiger partial charge on any atom is 0.244 e. The van der Waals surface area contributed by atoms with Gasteiger partial charge in [-0.25, -0.2) is 0 Å². The normalized spacial score (nSPS) is 31.8. The van der Waals surface area contributed by atoms with Crippen molar-refractivity contribution in [3.63, 3.8) is 0 Å². The first-order valence-corrected chi connectivity index (χ1v) is 7.73. The van der Waals surface area contributed by atoms with Gasteiger partial charge in [0.1, 0.15) is 0 Å². The van der Waals surface area contributed by atoms with Crippen LogP contribution in [0.4, 0.5) is 0 Å². The molecule has 2 saturated carbocycles. The van der Waals surface area contributed by atoms with Crippen molar-refractivity contribution < 1.29 is 4.79 Å². The molecule has 3 heteroatoms. The zero-order valence-electron chi connectivity index (χ0n) is 11.8. The van der Waals surface area contributed by atoms with Crippen molar-refractivity contribution in [2.24, 2.45) is 5.41 Å². The Kier molecular flexibility index (Phi) is 2.92. The van der Waals surface area contributed by atoms with Crippen LogP contribution in [0.25, 0.3) is 0 Å². The van der Waals surface area contributed by atoms with Gasteiger partial charge in [-0.1, -0.05) is 26.7 Å². The molecule has 3 fully saturated rings. The van der Waals surface area contributed by atoms with Crippen LogP contribution in [0.5, 0.6) is 0 Å². The van der Waals surface area contributed by atoms with Gasteiger partial charge in [-0.2, -0.15) is 0 Å². The number of nitrogens with one attached hydrogen (secondary N) is 1. The van der Waals surface area contributed by atoms with Crippen molar-refractivity contribution in [1.29, 1.82) is 0 Å². The minimum Gasteiger partial charge on any atom is -0.325 e. The molecule has 1 heterocycles. The summed E-state index contributed by atoms with van der Waals surface area (Å²) in [5.41, 5.74) is 0.322. The van der Waals surface area contributed by atoms with Gasteiger partial charge in [-0.05, 0) is 43.9 Å². The minimum atomic E-state index is -0.126. The molecule has 1 spiro atoms. The molecular weight excluding hydrogens is 224 g/mol. The van der Waals surface area contributed by atoms with Gasteiger partial charge < -0.3 is 4.90 Å². The van der Waals surface area contributed by atoms with E-state index < -0.39 is 0 Å². The molecule has 1 aliphatic heterocycles. The molecule has 1 unspecified atom stereocenters. The zero-order chi connectivity index (χ0) is 12.8. The standard InChI is InChI=1S/C15H26N2O/c1-3-6-12-16-15(9-10-15)13(18)17(12)11-14(4-2)7-5-8-14/h12,16H,3-11H2,1-2H3. The van der Waals surface area contributed by atoms with E-state index in [0.717, 1.165) is 32.2 Å². The van der Waals surface area contributed by atoms with Crippen molar-refractivity contribution in [2.45, 2.75) is 76.9 Å². The summed E-state index contributed by atoms with van der Waals surface area (Å²) in [6.45, 7) is 5.50. The van der Waals surface area contributed by atoms with E-state index in [4.69, 9.17) is 0 Å². The first kappa shape index (κ1) is 12.5. The molecule has 0 radical (unpaired) electrons. The second-order valence-corrected chi connectivity index (χ2v) is 6.67. The van der Waals surface area contributed by atoms with E-state index in [0.29, 0.717) is 17.5 Å². The lowest BCUT2D eigenvalue weighted by molar-refractivity contribution is -0.133. The average Bonchev–Trinajstić information content (AvgIpc) is 3.04. The highest BCUT2D eigenvalue weighted by Crippen LogP contribution is 2.48. The third-order valence-corrected chi connectivity index (χ3v) is 5.47. The predicted molar refractivity (Wildman–Crippen MR) is 72.1 cm³/mol. The summed E-state index contributed by atoms with van der Waals surface area (Å²) in [6.07, 6.45) is 9.90. The molecule has 1 amide bonds. The van der Waals surface area contributed by atoms with E-state index in [1.807, 2.05) is 0 Å². The Morgan fingerprint density at radius 1 is 1.28 bits per heavy atom. The number of carbonyl (C=O) groups is 1. The van der Waals surface area contributed by atoms with Crippen molar-refractivity contribution in [3.8, 4) is 0 Å². The van der Waals surface area contributed by atoms with E-state index in [1.165, 1.54) is 25.7 Å². The molecular formula is C15H26N2O. The van der Waals surface area contributed by atoms with Gasteiger partial charge >= 0.3 is 0 Å². The smallest absolute Gasteiger partial charge is 0.244 e. The molecule has 0 aromatic rings. The predicted octanol–water partition coefficient (Wildman–Crippen LogP) is 2.66. The van der Waals surface area contributed by atoms with Crippen LogP contribution >= 0.6 is 0 Å². The summed E-state index contributed by atoms with van der Waals surface area (Å²) < 4.78 is 0. The molecule has 1 saturated heterocycles. The Balaban J connectivity index is 1.73. The number of nitrogens with zero attached hydrogens (tertiary/aromatic N) is 1. The summed E-state index contributed by atoms with van der Waals surface area (Å²) in [5, 5.41) is 3.61. The third kappa shape index (κ3) is 1.78. The summed E-state index contributed by atoms with van der Waals surface area (Å²) in [6, 6.07) is 0. The summed E-state index contributed by atoms with van der Waals surface area (Å²) in [4.78, 5) is 14.8. The fraction of sp³-hybridized carbons (Fsp3) is 0.933. The van der Waals surface area contributed by atoms with Crippen molar-refractivity contribution in [1.82, 2.24) is 10.2 Å². The summed E-state index contributed by atoms with van der Waals surface area (Å²) in [5.74, 6) is 0.403. The van der Waals surface area contributed by atoms with Crippen LogP contribution in [-0.2, 0) is 4.79 Å². The van der Waals surface area contributed by atoms with Gasteiger partial charge in [0, 0.05) is 6.54 Å². The molecule has 1 N–H and O–H groups in total. The van der Waals surface area contributed by atoms with E-state index in [1.54, 1.807) is 0 Å². The second kappa shape index (κ2) is 4.22. The maximum atomic E-state index is 12.6. The lowest BCUT2D eigenvalue weighted by Gasteiger charge is -2.45. The molecule has 3 aliphatic rings. The third-order valence-electron chi connectivity index (χ3n) is 5.47. The number of rotatable bonds is 5. The SMILES string of the molecule is CCCC1NC2(CC2)C(=O)N1CC1(CC)CCC1. The molecule has 18 heavy (non-hydrogen) atoms. The van der Waals surface area contributed by atoms with E-state index in [2.05, 4.69) is 24.1 Å². The van der Waals surface area contributed by atoms with E-state index >= 15 is 0 Å². The Morgan fingerprint density at radius 3 is 2.44 bits per heavy atom. The topological polar surface area (TPSA) is 32.3 Å². The molecule has 2 aliphatic carbocycles. The van der Waals surface area contributed by atoms with Crippen molar-refractivity contribution in [2.75, 3.05) is 6.54 Å². The average molecular weight is 250 g/mol. The highest BCUT2D eigenvalue weighted by Gasteiger charge is 2.59. The van der Waals surface area contributed by atoms with E-state index in [9.17, 15) is 4.79 Å². The monoisotopic (exact) mass is 250 g/mol. The first-order chi connectivity index (χ1) is 8.65. The summed E-state index contributed by atoms with van der Waals surface area (Å²) in [7, 11) is 0. The van der Waals surface area contributed by atoms with Gasteiger partial charge in [0.25, 0.3) is 0 Å². The van der Waals surface area contributed by atoms with Crippen molar-refractivity contribution in [3.05, 3.63) is 0 Å². The number of hydrogen-bond acceptors (Lipinski definition) is 2. The van der Waals surface area contributed by atoms with Crippen LogP contribution in [0.2, 0.25) is 0 Å². The Labute approximate surface area is 110 Å². The first-order valence-electron chi connectivity index (χ1n) is 7.73. The van der Waals surface area contributed by atoms with Gasteiger partial charge in [-0.3, -0.25) is 10.1 Å².